The van der Waals surface area contributed by atoms with Crippen molar-refractivity contribution in [2.45, 2.75) is 5.54 Å². The summed E-state index contributed by atoms with van der Waals surface area (Å²) in [4.78, 5) is 13.4. The van der Waals surface area contributed by atoms with Crippen LogP contribution in [-0.2, 0) is 10.3 Å². The van der Waals surface area contributed by atoms with Crippen molar-refractivity contribution in [1.29, 1.82) is 0 Å². The van der Waals surface area contributed by atoms with E-state index in [1.807, 2.05) is 78.9 Å². The predicted octanol–water partition coefficient (Wildman–Crippen LogP) is 2.44. The first-order chi connectivity index (χ1) is 12.8. The van der Waals surface area contributed by atoms with Crippen LogP contribution in [0.25, 0.3) is 0 Å². The molecule has 134 valence electrons. The topological polar surface area (TPSA) is 64.3 Å². The van der Waals surface area contributed by atoms with E-state index in [1.54, 1.807) is 12.1 Å². The molecule has 0 amide bonds. The van der Waals surface area contributed by atoms with Gasteiger partial charge >= 0.3 is 35.5 Å². The number of carbonyl (C=O) groups excluding carboxylic acids is 1. The van der Waals surface area contributed by atoms with E-state index in [4.69, 9.17) is 10.5 Å². The fourth-order valence-corrected chi connectivity index (χ4v) is 2.99. The van der Waals surface area contributed by atoms with Crippen molar-refractivity contribution in [2.24, 2.45) is 5.73 Å². The van der Waals surface area contributed by atoms with Crippen molar-refractivity contribution >= 4 is 35.5 Å². The zero-order valence-electron chi connectivity index (χ0n) is 14.5. The Morgan fingerprint density at radius 1 is 0.815 bits per heavy atom. The van der Waals surface area contributed by atoms with Crippen LogP contribution in [0.3, 0.4) is 0 Å². The van der Waals surface area contributed by atoms with Gasteiger partial charge in [0.15, 0.2) is 5.54 Å². The fraction of sp³-hybridized carbons (Fsp3) is 0.136. The Morgan fingerprint density at radius 3 is 1.70 bits per heavy atom. The summed E-state index contributed by atoms with van der Waals surface area (Å²) in [7, 11) is 0. The maximum absolute atomic E-state index is 13.4. The zero-order valence-corrected chi connectivity index (χ0v) is 14.5. The van der Waals surface area contributed by atoms with E-state index >= 15 is 0 Å². The van der Waals surface area contributed by atoms with Crippen LogP contribution in [0.1, 0.15) is 11.1 Å². The van der Waals surface area contributed by atoms with Crippen molar-refractivity contribution in [2.75, 3.05) is 13.1 Å². The summed E-state index contributed by atoms with van der Waals surface area (Å²) >= 11 is 0. The van der Waals surface area contributed by atoms with Gasteiger partial charge in [0.05, 0.1) is 0 Å². The molecule has 0 heterocycles. The van der Waals surface area contributed by atoms with E-state index in [9.17, 15) is 4.79 Å². The Labute approximate surface area is 182 Å². The standard InChI is InChI=1S/C22H22N2O2.Na.H/c23-16-17-24-22(18-10-4-1-5-11-18,19-12-6-2-7-13-19)21(25)26-20-14-8-3-9-15-20;;/h1-15,24H,16-17,23H2;;. The summed E-state index contributed by atoms with van der Waals surface area (Å²) < 4.78 is 5.74. The van der Waals surface area contributed by atoms with E-state index in [-0.39, 0.29) is 29.6 Å². The van der Waals surface area contributed by atoms with Crippen molar-refractivity contribution in [3.8, 4) is 5.75 Å². The van der Waals surface area contributed by atoms with Crippen LogP contribution in [-0.4, -0.2) is 48.6 Å². The van der Waals surface area contributed by atoms with Gasteiger partial charge in [0.25, 0.3) is 0 Å². The molecule has 0 spiro atoms. The summed E-state index contributed by atoms with van der Waals surface area (Å²) in [5, 5.41) is 3.34. The number of hydrogen-bond donors (Lipinski definition) is 2. The first-order valence-corrected chi connectivity index (χ1v) is 8.61. The monoisotopic (exact) mass is 370 g/mol. The SMILES string of the molecule is NCCNC(C(=O)Oc1ccccc1)(c1ccccc1)c1ccccc1.[NaH]. The summed E-state index contributed by atoms with van der Waals surface area (Å²) in [6.07, 6.45) is 0. The molecule has 0 atom stereocenters. The Kier molecular flexibility index (Phi) is 8.23. The van der Waals surface area contributed by atoms with Crippen LogP contribution < -0.4 is 15.8 Å². The minimum absolute atomic E-state index is 0. The van der Waals surface area contributed by atoms with Crippen LogP contribution in [0.2, 0.25) is 0 Å². The van der Waals surface area contributed by atoms with Gasteiger partial charge in [-0.1, -0.05) is 78.9 Å². The number of ether oxygens (including phenoxy) is 1. The van der Waals surface area contributed by atoms with Gasteiger partial charge < -0.3 is 10.5 Å². The van der Waals surface area contributed by atoms with Gasteiger partial charge in [-0.05, 0) is 23.3 Å². The van der Waals surface area contributed by atoms with Crippen LogP contribution >= 0.6 is 0 Å². The van der Waals surface area contributed by atoms with Crippen molar-refractivity contribution in [1.82, 2.24) is 5.32 Å². The van der Waals surface area contributed by atoms with Gasteiger partial charge in [0, 0.05) is 13.1 Å². The molecule has 0 aliphatic carbocycles. The molecule has 0 radical (unpaired) electrons. The van der Waals surface area contributed by atoms with Gasteiger partial charge in [0.2, 0.25) is 0 Å². The number of benzene rings is 3. The molecule has 0 saturated carbocycles. The fourth-order valence-electron chi connectivity index (χ4n) is 2.99. The second kappa shape index (κ2) is 10.4. The maximum atomic E-state index is 13.4. The van der Waals surface area contributed by atoms with Gasteiger partial charge in [-0.3, -0.25) is 5.32 Å². The third-order valence-electron chi connectivity index (χ3n) is 4.21. The number of para-hydroxylation sites is 1. The molecule has 0 bridgehead atoms. The molecule has 0 saturated heterocycles. The van der Waals surface area contributed by atoms with E-state index < -0.39 is 11.5 Å². The molecule has 0 aliphatic rings. The Balaban J connectivity index is 0.00000261. The van der Waals surface area contributed by atoms with E-state index in [0.29, 0.717) is 18.8 Å². The van der Waals surface area contributed by atoms with Gasteiger partial charge in [-0.15, -0.1) is 0 Å². The second-order valence-electron chi connectivity index (χ2n) is 5.90. The van der Waals surface area contributed by atoms with Crippen LogP contribution in [0.4, 0.5) is 0 Å². The van der Waals surface area contributed by atoms with Gasteiger partial charge in [-0.25, -0.2) is 4.79 Å². The number of nitrogens with two attached hydrogens (primary N) is 1. The third kappa shape index (κ3) is 4.86. The number of esters is 1. The van der Waals surface area contributed by atoms with Gasteiger partial charge in [0.1, 0.15) is 5.75 Å². The summed E-state index contributed by atoms with van der Waals surface area (Å²) in [6.45, 7) is 0.869. The molecule has 5 heteroatoms. The quantitative estimate of drug-likeness (QED) is 0.381. The average Bonchev–Trinajstić information content (AvgIpc) is 2.71. The van der Waals surface area contributed by atoms with Crippen LogP contribution in [0.15, 0.2) is 91.0 Å². The third-order valence-corrected chi connectivity index (χ3v) is 4.21. The molecular weight excluding hydrogens is 347 g/mol. The normalized spacial score (nSPS) is 10.7. The predicted molar refractivity (Wildman–Crippen MR) is 110 cm³/mol. The van der Waals surface area contributed by atoms with Crippen molar-refractivity contribution in [3.05, 3.63) is 102 Å². The second-order valence-corrected chi connectivity index (χ2v) is 5.90. The van der Waals surface area contributed by atoms with Crippen molar-refractivity contribution < 1.29 is 9.53 Å². The molecule has 0 unspecified atom stereocenters. The molecule has 3 rings (SSSR count). The minimum atomic E-state index is -1.14. The summed E-state index contributed by atoms with van der Waals surface area (Å²) in [5.74, 6) is 0.109. The molecule has 0 aromatic heterocycles. The van der Waals surface area contributed by atoms with Crippen LogP contribution in [0, 0.1) is 0 Å². The van der Waals surface area contributed by atoms with Gasteiger partial charge in [-0.2, -0.15) is 0 Å². The van der Waals surface area contributed by atoms with Crippen LogP contribution in [0.5, 0.6) is 5.75 Å². The Morgan fingerprint density at radius 2 is 1.26 bits per heavy atom. The Hall–Kier alpha value is -1.95. The van der Waals surface area contributed by atoms with E-state index in [2.05, 4.69) is 5.32 Å². The summed E-state index contributed by atoms with van der Waals surface area (Å²) in [6, 6.07) is 28.2. The van der Waals surface area contributed by atoms with E-state index in [1.165, 1.54) is 0 Å². The molecule has 3 N–H and O–H groups in total. The molecular formula is C22H23N2NaO2. The molecule has 27 heavy (non-hydrogen) atoms. The van der Waals surface area contributed by atoms with E-state index in [0.717, 1.165) is 11.1 Å². The number of rotatable bonds is 7. The molecule has 4 nitrogen and oxygen atoms in total. The molecule has 3 aromatic rings. The molecule has 0 aliphatic heterocycles. The Bertz CT molecular complexity index is 787. The number of carbonyl (C=O) groups is 1. The number of nitrogens with one attached hydrogen (secondary N) is 1. The molecule has 0 fully saturated rings. The number of hydrogen-bond acceptors (Lipinski definition) is 4. The average molecular weight is 370 g/mol. The first-order valence-electron chi connectivity index (χ1n) is 8.61. The zero-order chi connectivity index (χ0) is 18.2. The van der Waals surface area contributed by atoms with Crippen molar-refractivity contribution in [3.63, 3.8) is 0 Å². The summed E-state index contributed by atoms with van der Waals surface area (Å²) in [5.41, 5.74) is 6.20. The molecule has 3 aromatic carbocycles. The first kappa shape index (κ1) is 21.4.